The number of amides is 1. The largest absolute Gasteiger partial charge is 0.497 e. The molecule has 162 valence electrons. The van der Waals surface area contributed by atoms with Crippen LogP contribution in [0.3, 0.4) is 0 Å². The number of piperazine rings is 1. The van der Waals surface area contributed by atoms with Crippen LogP contribution in [-0.4, -0.2) is 62.1 Å². The van der Waals surface area contributed by atoms with E-state index in [9.17, 15) is 4.79 Å². The topological polar surface area (TPSA) is 54.0 Å². The Labute approximate surface area is 183 Å². The Hall–Kier alpha value is -2.28. The molecule has 0 spiro atoms. The number of anilines is 1. The molecule has 0 radical (unpaired) electrons. The lowest BCUT2D eigenvalue weighted by atomic mass is 10.1. The average Bonchev–Trinajstić information content (AvgIpc) is 2.76. The van der Waals surface area contributed by atoms with Crippen LogP contribution < -0.4 is 14.8 Å². The van der Waals surface area contributed by atoms with Crippen molar-refractivity contribution in [1.29, 1.82) is 0 Å². The fourth-order valence-electron chi connectivity index (χ4n) is 3.69. The first kappa shape index (κ1) is 22.4. The molecular weight excluding hydrogens is 402 g/mol. The summed E-state index contributed by atoms with van der Waals surface area (Å²) in [7, 11) is 3.35. The van der Waals surface area contributed by atoms with E-state index < -0.39 is 0 Å². The number of nitrogens with one attached hydrogen (secondary N) is 1. The number of hydrogen-bond acceptors (Lipinski definition) is 5. The molecule has 2 aromatic rings. The minimum absolute atomic E-state index is 0.0109. The van der Waals surface area contributed by atoms with Crippen molar-refractivity contribution in [3.63, 3.8) is 0 Å². The van der Waals surface area contributed by atoms with Gasteiger partial charge in [0.05, 0.1) is 20.3 Å². The number of benzene rings is 2. The molecule has 30 heavy (non-hydrogen) atoms. The van der Waals surface area contributed by atoms with E-state index in [1.807, 2.05) is 44.2 Å². The van der Waals surface area contributed by atoms with Gasteiger partial charge in [-0.05, 0) is 49.7 Å². The van der Waals surface area contributed by atoms with E-state index in [2.05, 4.69) is 15.1 Å². The van der Waals surface area contributed by atoms with Gasteiger partial charge in [-0.25, -0.2) is 0 Å². The van der Waals surface area contributed by atoms with Gasteiger partial charge in [0.25, 0.3) is 0 Å². The molecule has 1 fully saturated rings. The number of hydrogen-bond donors (Lipinski definition) is 1. The van der Waals surface area contributed by atoms with Crippen molar-refractivity contribution in [3.8, 4) is 11.5 Å². The Kier molecular flexibility index (Phi) is 7.58. The van der Waals surface area contributed by atoms with Crippen LogP contribution in [0.2, 0.25) is 5.02 Å². The summed E-state index contributed by atoms with van der Waals surface area (Å²) >= 11 is 6.07. The summed E-state index contributed by atoms with van der Waals surface area (Å²) in [4.78, 5) is 17.4. The molecule has 0 saturated carbocycles. The van der Waals surface area contributed by atoms with Crippen molar-refractivity contribution in [1.82, 2.24) is 9.80 Å². The van der Waals surface area contributed by atoms with Crippen LogP contribution in [0.5, 0.6) is 11.5 Å². The number of carbonyl (C=O) groups is 1. The lowest BCUT2D eigenvalue weighted by Gasteiger charge is -2.37. The lowest BCUT2D eigenvalue weighted by molar-refractivity contribution is -0.121. The maximum absolute atomic E-state index is 12.8. The monoisotopic (exact) mass is 431 g/mol. The molecule has 7 heteroatoms. The van der Waals surface area contributed by atoms with E-state index in [0.29, 0.717) is 5.02 Å². The van der Waals surface area contributed by atoms with Crippen LogP contribution in [0.4, 0.5) is 5.69 Å². The van der Waals surface area contributed by atoms with E-state index in [-0.39, 0.29) is 11.9 Å². The molecule has 0 bridgehead atoms. The Morgan fingerprint density at radius 1 is 1.10 bits per heavy atom. The van der Waals surface area contributed by atoms with Crippen LogP contribution in [-0.2, 0) is 11.3 Å². The van der Waals surface area contributed by atoms with Gasteiger partial charge in [0.15, 0.2) is 0 Å². The molecule has 6 nitrogen and oxygen atoms in total. The lowest BCUT2D eigenvalue weighted by Crippen LogP contribution is -2.52. The van der Waals surface area contributed by atoms with Crippen LogP contribution in [0.25, 0.3) is 0 Å². The molecule has 3 rings (SSSR count). The molecule has 0 aromatic heterocycles. The summed E-state index contributed by atoms with van der Waals surface area (Å²) in [6.07, 6.45) is 0. The minimum Gasteiger partial charge on any atom is -0.497 e. The standard InChI is InChI=1S/C23H30ClN3O3/c1-16-5-6-19(24)14-21(16)25-23(28)17(2)27-11-9-26(10-12-27)15-18-13-20(29-3)7-8-22(18)30-4/h5-8,13-14,17H,9-12,15H2,1-4H3,(H,25,28). The van der Waals surface area contributed by atoms with Crippen LogP contribution in [0.15, 0.2) is 36.4 Å². The smallest absolute Gasteiger partial charge is 0.241 e. The van der Waals surface area contributed by atoms with Crippen molar-refractivity contribution in [3.05, 3.63) is 52.5 Å². The van der Waals surface area contributed by atoms with Gasteiger partial charge < -0.3 is 14.8 Å². The molecule has 1 heterocycles. The Morgan fingerprint density at radius 3 is 2.50 bits per heavy atom. The first-order chi connectivity index (χ1) is 14.4. The number of nitrogens with zero attached hydrogens (tertiary/aromatic N) is 2. The highest BCUT2D eigenvalue weighted by atomic mass is 35.5. The zero-order valence-corrected chi connectivity index (χ0v) is 18.8. The van der Waals surface area contributed by atoms with Gasteiger partial charge in [-0.2, -0.15) is 0 Å². The summed E-state index contributed by atoms with van der Waals surface area (Å²) in [5.74, 6) is 1.68. The number of ether oxygens (including phenoxy) is 2. The molecule has 1 unspecified atom stereocenters. The third-order valence-electron chi connectivity index (χ3n) is 5.67. The number of halogens is 1. The molecule has 1 saturated heterocycles. The predicted molar refractivity (Wildman–Crippen MR) is 121 cm³/mol. The summed E-state index contributed by atoms with van der Waals surface area (Å²) in [6.45, 7) is 8.13. The van der Waals surface area contributed by atoms with Crippen LogP contribution in [0.1, 0.15) is 18.1 Å². The number of rotatable bonds is 7. The zero-order valence-electron chi connectivity index (χ0n) is 18.1. The average molecular weight is 432 g/mol. The summed E-state index contributed by atoms with van der Waals surface area (Å²) in [6, 6.07) is 11.2. The molecule has 1 N–H and O–H groups in total. The van der Waals surface area contributed by atoms with Gasteiger partial charge in [0.2, 0.25) is 5.91 Å². The molecule has 1 aliphatic heterocycles. The SMILES string of the molecule is COc1ccc(OC)c(CN2CCN(C(C)C(=O)Nc3cc(Cl)ccc3C)CC2)c1. The van der Waals surface area contributed by atoms with E-state index in [1.54, 1.807) is 20.3 Å². The van der Waals surface area contributed by atoms with Crippen LogP contribution >= 0.6 is 11.6 Å². The molecule has 2 aromatic carbocycles. The number of aryl methyl sites for hydroxylation is 1. The first-order valence-corrected chi connectivity index (χ1v) is 10.5. The molecule has 1 amide bonds. The second-order valence-corrected chi connectivity index (χ2v) is 8.05. The Balaban J connectivity index is 1.56. The first-order valence-electron chi connectivity index (χ1n) is 10.2. The molecule has 0 aliphatic carbocycles. The summed E-state index contributed by atoms with van der Waals surface area (Å²) in [5, 5.41) is 3.63. The van der Waals surface area contributed by atoms with Gasteiger partial charge in [-0.15, -0.1) is 0 Å². The van der Waals surface area contributed by atoms with Gasteiger partial charge >= 0.3 is 0 Å². The third kappa shape index (κ3) is 5.45. The van der Waals surface area contributed by atoms with Crippen molar-refractivity contribution in [2.75, 3.05) is 45.7 Å². The highest BCUT2D eigenvalue weighted by Crippen LogP contribution is 2.26. The second kappa shape index (κ2) is 10.2. The van der Waals surface area contributed by atoms with Crippen molar-refractivity contribution >= 4 is 23.2 Å². The predicted octanol–water partition coefficient (Wildman–Crippen LogP) is 3.81. The fraction of sp³-hybridized carbons (Fsp3) is 0.435. The van der Waals surface area contributed by atoms with Gasteiger partial charge in [0, 0.05) is 49.0 Å². The van der Waals surface area contributed by atoms with Gasteiger partial charge in [-0.3, -0.25) is 14.6 Å². The minimum atomic E-state index is -0.211. The highest BCUT2D eigenvalue weighted by molar-refractivity contribution is 6.31. The zero-order chi connectivity index (χ0) is 21.7. The quantitative estimate of drug-likeness (QED) is 0.722. The van der Waals surface area contributed by atoms with Crippen molar-refractivity contribution in [2.24, 2.45) is 0 Å². The maximum Gasteiger partial charge on any atom is 0.241 e. The normalized spacial score (nSPS) is 16.2. The summed E-state index contributed by atoms with van der Waals surface area (Å²) in [5.41, 5.74) is 2.87. The van der Waals surface area contributed by atoms with Crippen molar-refractivity contribution < 1.29 is 14.3 Å². The molecular formula is C23H30ClN3O3. The molecule has 1 aliphatic rings. The van der Waals surface area contributed by atoms with E-state index in [4.69, 9.17) is 21.1 Å². The van der Waals surface area contributed by atoms with E-state index in [0.717, 1.165) is 61.0 Å². The Morgan fingerprint density at radius 2 is 1.83 bits per heavy atom. The van der Waals surface area contributed by atoms with E-state index >= 15 is 0 Å². The molecule has 1 atom stereocenters. The summed E-state index contributed by atoms with van der Waals surface area (Å²) < 4.78 is 10.8. The van der Waals surface area contributed by atoms with Crippen LogP contribution in [0, 0.1) is 6.92 Å². The number of carbonyl (C=O) groups excluding carboxylic acids is 1. The third-order valence-corrected chi connectivity index (χ3v) is 5.91. The van der Waals surface area contributed by atoms with E-state index in [1.165, 1.54) is 0 Å². The van der Waals surface area contributed by atoms with Gasteiger partial charge in [0.1, 0.15) is 11.5 Å². The van der Waals surface area contributed by atoms with Crippen molar-refractivity contribution in [2.45, 2.75) is 26.4 Å². The second-order valence-electron chi connectivity index (χ2n) is 7.61. The van der Waals surface area contributed by atoms with Gasteiger partial charge in [-0.1, -0.05) is 17.7 Å². The highest BCUT2D eigenvalue weighted by Gasteiger charge is 2.26. The number of methoxy groups -OCH3 is 2. The fourth-order valence-corrected chi connectivity index (χ4v) is 3.86. The Bertz CT molecular complexity index is 882. The maximum atomic E-state index is 12.8.